The predicted molar refractivity (Wildman–Crippen MR) is 68.6 cm³/mol. The van der Waals surface area contributed by atoms with Crippen LogP contribution in [0, 0.1) is 11.8 Å². The highest BCUT2D eigenvalue weighted by molar-refractivity contribution is 5.82. The Morgan fingerprint density at radius 3 is 2.76 bits per heavy atom. The lowest BCUT2D eigenvalue weighted by atomic mass is 9.93. The zero-order valence-corrected chi connectivity index (χ0v) is 11.5. The Morgan fingerprint density at radius 2 is 2.24 bits per heavy atom. The maximum Gasteiger partial charge on any atom is 0.239 e. The summed E-state index contributed by atoms with van der Waals surface area (Å²) < 4.78 is 5.42. The van der Waals surface area contributed by atoms with Crippen molar-refractivity contribution in [2.24, 2.45) is 17.6 Å². The van der Waals surface area contributed by atoms with E-state index in [9.17, 15) is 4.79 Å². The first-order chi connectivity index (χ1) is 8.01. The molecule has 0 aromatic heterocycles. The number of piperidine rings is 1. The summed E-state index contributed by atoms with van der Waals surface area (Å²) in [6, 6.07) is -0.370. The van der Waals surface area contributed by atoms with E-state index in [2.05, 4.69) is 13.8 Å². The van der Waals surface area contributed by atoms with Crippen molar-refractivity contribution in [2.45, 2.75) is 45.8 Å². The lowest BCUT2D eigenvalue weighted by Gasteiger charge is -2.38. The molecule has 2 unspecified atom stereocenters. The van der Waals surface area contributed by atoms with Gasteiger partial charge in [-0.1, -0.05) is 27.2 Å². The minimum Gasteiger partial charge on any atom is -0.379 e. The molecule has 17 heavy (non-hydrogen) atoms. The molecule has 1 amide bonds. The number of nitrogens with zero attached hydrogens (tertiary/aromatic N) is 1. The summed E-state index contributed by atoms with van der Waals surface area (Å²) in [4.78, 5) is 14.1. The van der Waals surface area contributed by atoms with E-state index >= 15 is 0 Å². The second-order valence-corrected chi connectivity index (χ2v) is 5.24. The van der Waals surface area contributed by atoms with Crippen LogP contribution in [0.3, 0.4) is 0 Å². The molecule has 0 aromatic rings. The number of carbonyl (C=O) groups is 1. The van der Waals surface area contributed by atoms with Gasteiger partial charge in [0.25, 0.3) is 0 Å². The minimum atomic E-state index is -0.370. The monoisotopic (exact) mass is 242 g/mol. The van der Waals surface area contributed by atoms with Crippen molar-refractivity contribution in [2.75, 3.05) is 20.2 Å². The number of likely N-dealkylation sites (tertiary alicyclic amines) is 1. The third-order valence-corrected chi connectivity index (χ3v) is 4.05. The number of amides is 1. The van der Waals surface area contributed by atoms with Gasteiger partial charge < -0.3 is 15.4 Å². The van der Waals surface area contributed by atoms with Gasteiger partial charge in [-0.15, -0.1) is 0 Å². The Balaban J connectivity index is 2.58. The van der Waals surface area contributed by atoms with Crippen LogP contribution in [0.1, 0.15) is 33.6 Å². The summed E-state index contributed by atoms with van der Waals surface area (Å²) in [7, 11) is 1.71. The highest BCUT2D eigenvalue weighted by atomic mass is 16.5. The molecule has 0 radical (unpaired) electrons. The lowest BCUT2D eigenvalue weighted by molar-refractivity contribution is -0.138. The first-order valence-corrected chi connectivity index (χ1v) is 6.58. The van der Waals surface area contributed by atoms with Crippen LogP contribution >= 0.6 is 0 Å². The van der Waals surface area contributed by atoms with Crippen molar-refractivity contribution in [1.29, 1.82) is 0 Å². The summed E-state index contributed by atoms with van der Waals surface area (Å²) >= 11 is 0. The molecule has 1 aliphatic heterocycles. The van der Waals surface area contributed by atoms with Gasteiger partial charge in [0.1, 0.15) is 0 Å². The van der Waals surface area contributed by atoms with E-state index in [1.807, 2.05) is 11.8 Å². The van der Waals surface area contributed by atoms with E-state index in [1.54, 1.807) is 7.11 Å². The predicted octanol–water partition coefficient (Wildman–Crippen LogP) is 1.24. The molecule has 0 aromatic carbocycles. The molecule has 1 aliphatic rings. The van der Waals surface area contributed by atoms with Crippen LogP contribution in [0.4, 0.5) is 0 Å². The average molecular weight is 242 g/mol. The van der Waals surface area contributed by atoms with E-state index in [0.29, 0.717) is 12.5 Å². The lowest BCUT2D eigenvalue weighted by Crippen LogP contribution is -2.53. The number of nitrogens with two attached hydrogens (primary N) is 1. The van der Waals surface area contributed by atoms with Crippen LogP contribution in [0.15, 0.2) is 0 Å². The Kier molecular flexibility index (Phi) is 5.40. The van der Waals surface area contributed by atoms with Crippen molar-refractivity contribution < 1.29 is 9.53 Å². The SMILES string of the molecule is CC[C@H](C)[C@H](N)C(=O)N1CCC(C)C(OC)C1. The molecule has 0 bridgehead atoms. The topological polar surface area (TPSA) is 55.6 Å². The molecular weight excluding hydrogens is 216 g/mol. The van der Waals surface area contributed by atoms with Crippen LogP contribution in [0.25, 0.3) is 0 Å². The number of carbonyl (C=O) groups excluding carboxylic acids is 1. The summed E-state index contributed by atoms with van der Waals surface area (Å²) in [5.74, 6) is 0.833. The number of hydrogen-bond acceptors (Lipinski definition) is 3. The largest absolute Gasteiger partial charge is 0.379 e. The molecule has 1 fully saturated rings. The molecule has 2 N–H and O–H groups in total. The fourth-order valence-electron chi connectivity index (χ4n) is 2.25. The van der Waals surface area contributed by atoms with Crippen molar-refractivity contribution in [3.05, 3.63) is 0 Å². The van der Waals surface area contributed by atoms with Gasteiger partial charge in [-0.25, -0.2) is 0 Å². The quantitative estimate of drug-likeness (QED) is 0.807. The van der Waals surface area contributed by atoms with Gasteiger partial charge >= 0.3 is 0 Å². The highest BCUT2D eigenvalue weighted by Gasteiger charge is 2.32. The summed E-state index contributed by atoms with van der Waals surface area (Å²) in [5.41, 5.74) is 5.99. The van der Waals surface area contributed by atoms with E-state index in [1.165, 1.54) is 0 Å². The van der Waals surface area contributed by atoms with Crippen molar-refractivity contribution >= 4 is 5.91 Å². The molecular formula is C13H26N2O2. The van der Waals surface area contributed by atoms with Crippen molar-refractivity contribution in [3.8, 4) is 0 Å². The van der Waals surface area contributed by atoms with Gasteiger partial charge in [-0.05, 0) is 18.3 Å². The first-order valence-electron chi connectivity index (χ1n) is 6.58. The summed E-state index contributed by atoms with van der Waals surface area (Å²) in [6.07, 6.45) is 2.08. The number of methoxy groups -OCH3 is 1. The van der Waals surface area contributed by atoms with Gasteiger partial charge in [-0.3, -0.25) is 4.79 Å². The van der Waals surface area contributed by atoms with Crippen LogP contribution < -0.4 is 5.73 Å². The molecule has 1 heterocycles. The van der Waals surface area contributed by atoms with Gasteiger partial charge in [0, 0.05) is 20.2 Å². The minimum absolute atomic E-state index is 0.0771. The van der Waals surface area contributed by atoms with Crippen molar-refractivity contribution in [1.82, 2.24) is 4.90 Å². The second kappa shape index (κ2) is 6.36. The third-order valence-electron chi connectivity index (χ3n) is 4.05. The van der Waals surface area contributed by atoms with Gasteiger partial charge in [0.05, 0.1) is 12.1 Å². The Morgan fingerprint density at radius 1 is 1.59 bits per heavy atom. The van der Waals surface area contributed by atoms with Crippen molar-refractivity contribution in [3.63, 3.8) is 0 Å². The molecule has 100 valence electrons. The number of hydrogen-bond donors (Lipinski definition) is 1. The van der Waals surface area contributed by atoms with Gasteiger partial charge in [-0.2, -0.15) is 0 Å². The van der Waals surface area contributed by atoms with Crippen LogP contribution in [0.2, 0.25) is 0 Å². The molecule has 0 spiro atoms. The fourth-order valence-corrected chi connectivity index (χ4v) is 2.25. The maximum absolute atomic E-state index is 12.2. The zero-order chi connectivity index (χ0) is 13.0. The zero-order valence-electron chi connectivity index (χ0n) is 11.5. The molecule has 0 aliphatic carbocycles. The molecule has 1 saturated heterocycles. The molecule has 4 atom stereocenters. The number of rotatable bonds is 4. The summed E-state index contributed by atoms with van der Waals surface area (Å²) in [6.45, 7) is 7.76. The smallest absolute Gasteiger partial charge is 0.239 e. The van der Waals surface area contributed by atoms with E-state index in [0.717, 1.165) is 19.4 Å². The molecule has 4 nitrogen and oxygen atoms in total. The normalized spacial score (nSPS) is 28.9. The Labute approximate surface area is 104 Å². The molecule has 0 saturated carbocycles. The van der Waals surface area contributed by atoms with E-state index in [-0.39, 0.29) is 24.0 Å². The third kappa shape index (κ3) is 3.42. The highest BCUT2D eigenvalue weighted by Crippen LogP contribution is 2.21. The molecule has 1 rings (SSSR count). The van der Waals surface area contributed by atoms with E-state index < -0.39 is 0 Å². The van der Waals surface area contributed by atoms with Crippen LogP contribution in [-0.4, -0.2) is 43.2 Å². The average Bonchev–Trinajstić information content (AvgIpc) is 2.36. The first kappa shape index (κ1) is 14.5. The number of ether oxygens (including phenoxy) is 1. The Bertz CT molecular complexity index is 258. The van der Waals surface area contributed by atoms with Crippen LogP contribution in [-0.2, 0) is 9.53 Å². The van der Waals surface area contributed by atoms with Gasteiger partial charge in [0.2, 0.25) is 5.91 Å². The second-order valence-electron chi connectivity index (χ2n) is 5.24. The molecule has 4 heteroatoms. The van der Waals surface area contributed by atoms with E-state index in [4.69, 9.17) is 10.5 Å². The van der Waals surface area contributed by atoms with Gasteiger partial charge in [0.15, 0.2) is 0 Å². The maximum atomic E-state index is 12.2. The fraction of sp³-hybridized carbons (Fsp3) is 0.923. The standard InChI is InChI=1S/C13H26N2O2/c1-5-9(2)12(14)13(16)15-7-6-10(3)11(8-15)17-4/h9-12H,5-8,14H2,1-4H3/t9-,10?,11?,12-/m0/s1. The summed E-state index contributed by atoms with van der Waals surface area (Å²) in [5, 5.41) is 0. The van der Waals surface area contributed by atoms with Crippen LogP contribution in [0.5, 0.6) is 0 Å². The Hall–Kier alpha value is -0.610.